The van der Waals surface area contributed by atoms with Crippen molar-refractivity contribution in [1.29, 1.82) is 0 Å². The smallest absolute Gasteiger partial charge is 0.250 e. The number of benzene rings is 1. The zero-order chi connectivity index (χ0) is 19.9. The number of amides is 1. The Hall–Kier alpha value is -2.40. The Morgan fingerprint density at radius 1 is 1.07 bits per heavy atom. The molecule has 0 unspecified atom stereocenters. The van der Waals surface area contributed by atoms with E-state index in [-0.39, 0.29) is 23.7 Å². The molecular formula is C21H25ClN2O3. The minimum atomic E-state index is -0.799. The van der Waals surface area contributed by atoms with Gasteiger partial charge in [0.1, 0.15) is 0 Å². The Balaban J connectivity index is 1.76. The molecule has 6 heteroatoms. The lowest BCUT2D eigenvalue weighted by Gasteiger charge is -2.23. The quantitative estimate of drug-likeness (QED) is 0.526. The molecular weight excluding hydrogens is 364 g/mol. The Labute approximate surface area is 164 Å². The van der Waals surface area contributed by atoms with Crippen molar-refractivity contribution in [2.45, 2.75) is 39.7 Å². The number of hydrogen-bond donors (Lipinski definition) is 1. The predicted molar refractivity (Wildman–Crippen MR) is 107 cm³/mol. The Bertz CT molecular complexity index is 841. The summed E-state index contributed by atoms with van der Waals surface area (Å²) in [5, 5.41) is 3.46. The average molecular weight is 389 g/mol. The first-order chi connectivity index (χ1) is 12.8. The molecule has 0 fully saturated rings. The van der Waals surface area contributed by atoms with E-state index in [1.54, 1.807) is 54.9 Å². The molecule has 1 heterocycles. The van der Waals surface area contributed by atoms with Crippen LogP contribution in [0.15, 0.2) is 53.5 Å². The van der Waals surface area contributed by atoms with E-state index in [2.05, 4.69) is 5.32 Å². The fourth-order valence-corrected chi connectivity index (χ4v) is 2.84. The molecule has 0 bridgehead atoms. The number of nitrogens with zero attached hydrogens (tertiary/aromatic N) is 1. The first-order valence-electron chi connectivity index (χ1n) is 9.02. The number of carbonyl (C=O) groups is 2. The van der Waals surface area contributed by atoms with Gasteiger partial charge in [-0.2, -0.15) is 0 Å². The first-order valence-corrected chi connectivity index (χ1v) is 9.40. The van der Waals surface area contributed by atoms with Crippen LogP contribution in [0.2, 0.25) is 5.02 Å². The van der Waals surface area contributed by atoms with E-state index in [0.29, 0.717) is 23.7 Å². The number of aryl methyl sites for hydroxylation is 1. The second-order valence-electron chi connectivity index (χ2n) is 7.19. The van der Waals surface area contributed by atoms with Crippen molar-refractivity contribution in [2.75, 3.05) is 6.54 Å². The van der Waals surface area contributed by atoms with E-state index >= 15 is 0 Å². The number of rotatable bonds is 9. The molecule has 1 N–H and O–H groups in total. The molecule has 144 valence electrons. The molecule has 0 aliphatic heterocycles. The lowest BCUT2D eigenvalue weighted by Crippen LogP contribution is -2.38. The lowest BCUT2D eigenvalue weighted by molar-refractivity contribution is -0.129. The zero-order valence-corrected chi connectivity index (χ0v) is 16.5. The predicted octanol–water partition coefficient (Wildman–Crippen LogP) is 3.70. The summed E-state index contributed by atoms with van der Waals surface area (Å²) in [5.41, 5.74) is -0.274. The number of ketones is 1. The molecule has 0 atom stereocenters. The van der Waals surface area contributed by atoms with Crippen LogP contribution in [0.3, 0.4) is 0 Å². The normalized spacial score (nSPS) is 11.2. The van der Waals surface area contributed by atoms with Gasteiger partial charge < -0.3 is 9.88 Å². The highest BCUT2D eigenvalue weighted by Gasteiger charge is 2.30. The van der Waals surface area contributed by atoms with Crippen LogP contribution >= 0.6 is 11.6 Å². The summed E-state index contributed by atoms with van der Waals surface area (Å²) in [5.74, 6) is -0.239. The Morgan fingerprint density at radius 3 is 2.44 bits per heavy atom. The second kappa shape index (κ2) is 9.51. The van der Waals surface area contributed by atoms with Crippen LogP contribution < -0.4 is 10.9 Å². The summed E-state index contributed by atoms with van der Waals surface area (Å²) in [6.07, 6.45) is 3.43. The summed E-state index contributed by atoms with van der Waals surface area (Å²) >= 11 is 5.84. The maximum absolute atomic E-state index is 12.4. The highest BCUT2D eigenvalue weighted by molar-refractivity contribution is 6.30. The van der Waals surface area contributed by atoms with Gasteiger partial charge in [-0.05, 0) is 43.2 Å². The molecule has 2 rings (SSSR count). The van der Waals surface area contributed by atoms with Crippen LogP contribution in [0.1, 0.15) is 43.5 Å². The van der Waals surface area contributed by atoms with Crippen LogP contribution in [0.5, 0.6) is 0 Å². The number of hydrogen-bond acceptors (Lipinski definition) is 3. The third kappa shape index (κ3) is 6.36. The van der Waals surface area contributed by atoms with Crippen molar-refractivity contribution in [3.8, 4) is 0 Å². The van der Waals surface area contributed by atoms with Gasteiger partial charge >= 0.3 is 0 Å². The topological polar surface area (TPSA) is 68.2 Å². The number of carbonyl (C=O) groups excluding carboxylic acids is 2. The molecule has 0 saturated carbocycles. The Kier molecular flexibility index (Phi) is 7.36. The Morgan fingerprint density at radius 2 is 1.78 bits per heavy atom. The number of Topliss-reactive ketones (excluding diaryl/α,β-unsaturated/α-hetero) is 1. The molecule has 0 aliphatic rings. The molecule has 27 heavy (non-hydrogen) atoms. The minimum Gasteiger partial charge on any atom is -0.356 e. The van der Waals surface area contributed by atoms with Gasteiger partial charge in [-0.1, -0.05) is 31.5 Å². The van der Waals surface area contributed by atoms with Gasteiger partial charge in [0.05, 0.1) is 5.41 Å². The number of pyridine rings is 1. The number of unbranched alkanes of at least 4 members (excludes halogenated alkanes) is 1. The maximum atomic E-state index is 12.4. The summed E-state index contributed by atoms with van der Waals surface area (Å²) in [7, 11) is 0. The summed E-state index contributed by atoms with van der Waals surface area (Å²) < 4.78 is 1.65. The fraction of sp³-hybridized carbons (Fsp3) is 0.381. The molecule has 0 saturated heterocycles. The first kappa shape index (κ1) is 20.9. The summed E-state index contributed by atoms with van der Waals surface area (Å²) in [6, 6.07) is 11.7. The average Bonchev–Trinajstić information content (AvgIpc) is 2.62. The molecule has 0 spiro atoms. The molecule has 2 aromatic rings. The van der Waals surface area contributed by atoms with Gasteiger partial charge in [0.2, 0.25) is 11.5 Å². The van der Waals surface area contributed by atoms with Crippen LogP contribution in [-0.4, -0.2) is 22.8 Å². The van der Waals surface area contributed by atoms with Gasteiger partial charge in [0, 0.05) is 42.4 Å². The number of nitrogens with one attached hydrogen (secondary N) is 1. The molecule has 0 aliphatic carbocycles. The molecule has 5 nitrogen and oxygen atoms in total. The van der Waals surface area contributed by atoms with E-state index < -0.39 is 5.41 Å². The van der Waals surface area contributed by atoms with Crippen molar-refractivity contribution in [3.05, 3.63) is 69.6 Å². The standard InChI is InChI=1S/C21H25ClN2O3/c1-21(2,15-18(25)16-8-10-17(22)11-9-16)20(27)23-12-4-6-14-24-13-5-3-7-19(24)26/h3,5,7-11,13H,4,6,12,14-15H2,1-2H3,(H,23,27). The van der Waals surface area contributed by atoms with E-state index in [1.165, 1.54) is 6.07 Å². The zero-order valence-electron chi connectivity index (χ0n) is 15.7. The molecule has 1 amide bonds. The summed E-state index contributed by atoms with van der Waals surface area (Å²) in [4.78, 5) is 36.4. The number of aromatic nitrogens is 1. The van der Waals surface area contributed by atoms with Gasteiger partial charge in [-0.3, -0.25) is 14.4 Å². The van der Waals surface area contributed by atoms with Crippen molar-refractivity contribution in [1.82, 2.24) is 9.88 Å². The van der Waals surface area contributed by atoms with Crippen LogP contribution in [0, 0.1) is 5.41 Å². The van der Waals surface area contributed by atoms with Crippen LogP contribution in [-0.2, 0) is 11.3 Å². The highest BCUT2D eigenvalue weighted by atomic mass is 35.5. The monoisotopic (exact) mass is 388 g/mol. The van der Waals surface area contributed by atoms with Gasteiger partial charge in [0.15, 0.2) is 5.78 Å². The molecule has 0 radical (unpaired) electrons. The minimum absolute atomic E-state index is 0.0246. The SMILES string of the molecule is CC(C)(CC(=O)c1ccc(Cl)cc1)C(=O)NCCCCn1ccccc1=O. The van der Waals surface area contributed by atoms with Crippen molar-refractivity contribution in [2.24, 2.45) is 5.41 Å². The largest absolute Gasteiger partial charge is 0.356 e. The van der Waals surface area contributed by atoms with Crippen molar-refractivity contribution in [3.63, 3.8) is 0 Å². The fourth-order valence-electron chi connectivity index (χ4n) is 2.71. The maximum Gasteiger partial charge on any atom is 0.250 e. The van der Waals surface area contributed by atoms with Gasteiger partial charge in [-0.15, -0.1) is 0 Å². The van der Waals surface area contributed by atoms with E-state index in [4.69, 9.17) is 11.6 Å². The third-order valence-electron chi connectivity index (χ3n) is 4.39. The van der Waals surface area contributed by atoms with Gasteiger partial charge in [-0.25, -0.2) is 0 Å². The lowest BCUT2D eigenvalue weighted by atomic mass is 9.84. The third-order valence-corrected chi connectivity index (χ3v) is 4.65. The van der Waals surface area contributed by atoms with E-state index in [1.807, 2.05) is 6.07 Å². The second-order valence-corrected chi connectivity index (χ2v) is 7.62. The number of halogens is 1. The summed E-state index contributed by atoms with van der Waals surface area (Å²) in [6.45, 7) is 4.66. The van der Waals surface area contributed by atoms with E-state index in [9.17, 15) is 14.4 Å². The van der Waals surface area contributed by atoms with Crippen LogP contribution in [0.4, 0.5) is 0 Å². The molecule has 1 aromatic heterocycles. The van der Waals surface area contributed by atoms with Gasteiger partial charge in [0.25, 0.3) is 0 Å². The van der Waals surface area contributed by atoms with Crippen molar-refractivity contribution < 1.29 is 9.59 Å². The van der Waals surface area contributed by atoms with Crippen molar-refractivity contribution >= 4 is 23.3 Å². The molecule has 1 aromatic carbocycles. The van der Waals surface area contributed by atoms with E-state index in [0.717, 1.165) is 12.8 Å². The highest BCUT2D eigenvalue weighted by Crippen LogP contribution is 2.24. The van der Waals surface area contributed by atoms with Crippen LogP contribution in [0.25, 0.3) is 0 Å².